The van der Waals surface area contributed by atoms with Gasteiger partial charge in [0.15, 0.2) is 5.82 Å². The van der Waals surface area contributed by atoms with Gasteiger partial charge in [-0.25, -0.2) is 15.0 Å². The van der Waals surface area contributed by atoms with E-state index in [0.717, 1.165) is 36.8 Å². The second-order valence-electron chi connectivity index (χ2n) is 7.16. The van der Waals surface area contributed by atoms with E-state index in [1.54, 1.807) is 12.3 Å². The summed E-state index contributed by atoms with van der Waals surface area (Å²) in [5.74, 6) is 1.21. The zero-order chi connectivity index (χ0) is 17.2. The van der Waals surface area contributed by atoms with Gasteiger partial charge in [-0.2, -0.15) is 5.26 Å². The minimum atomic E-state index is -0.181. The molecule has 3 rings (SSSR count). The molecule has 0 saturated carbocycles. The van der Waals surface area contributed by atoms with Gasteiger partial charge in [-0.1, -0.05) is 0 Å². The molecule has 24 heavy (non-hydrogen) atoms. The van der Waals surface area contributed by atoms with Crippen molar-refractivity contribution in [2.24, 2.45) is 0 Å². The molecule has 1 aliphatic heterocycles. The lowest BCUT2D eigenvalue weighted by molar-refractivity contribution is 0.478. The second-order valence-corrected chi connectivity index (χ2v) is 7.16. The average Bonchev–Trinajstić information content (AvgIpc) is 2.54. The molecule has 0 bridgehead atoms. The Balaban J connectivity index is 1.97. The smallest absolute Gasteiger partial charge is 0.223 e. The fourth-order valence-corrected chi connectivity index (χ4v) is 2.77. The summed E-state index contributed by atoms with van der Waals surface area (Å²) in [4.78, 5) is 13.4. The van der Waals surface area contributed by atoms with E-state index in [4.69, 9.17) is 0 Å². The molecule has 1 unspecified atom stereocenters. The minimum absolute atomic E-state index is 0.181. The molecular formula is C17H23N7. The number of hydrogen-bond acceptors (Lipinski definition) is 7. The molecule has 3 heterocycles. The van der Waals surface area contributed by atoms with Crippen LogP contribution in [0.5, 0.6) is 0 Å². The van der Waals surface area contributed by atoms with E-state index in [0.29, 0.717) is 23.5 Å². The van der Waals surface area contributed by atoms with Crippen molar-refractivity contribution in [2.45, 2.75) is 45.2 Å². The SMILES string of the molecule is CC(C)(C)Nc1nc(C#N)cc2cnc(NC3CCCNC3)nc12. The molecule has 126 valence electrons. The number of anilines is 2. The predicted octanol–water partition coefficient (Wildman–Crippen LogP) is 2.27. The van der Waals surface area contributed by atoms with Gasteiger partial charge in [0.2, 0.25) is 5.95 Å². The van der Waals surface area contributed by atoms with Gasteiger partial charge in [0.25, 0.3) is 0 Å². The van der Waals surface area contributed by atoms with E-state index in [1.165, 1.54) is 0 Å². The quantitative estimate of drug-likeness (QED) is 0.796. The Labute approximate surface area is 141 Å². The van der Waals surface area contributed by atoms with E-state index in [9.17, 15) is 5.26 Å². The summed E-state index contributed by atoms with van der Waals surface area (Å²) < 4.78 is 0. The van der Waals surface area contributed by atoms with Crippen molar-refractivity contribution in [1.29, 1.82) is 5.26 Å². The lowest BCUT2D eigenvalue weighted by Crippen LogP contribution is -2.38. The Morgan fingerprint density at radius 1 is 1.33 bits per heavy atom. The van der Waals surface area contributed by atoms with Crippen molar-refractivity contribution in [1.82, 2.24) is 20.3 Å². The van der Waals surface area contributed by atoms with Crippen molar-refractivity contribution < 1.29 is 0 Å². The van der Waals surface area contributed by atoms with Crippen molar-refractivity contribution in [3.63, 3.8) is 0 Å². The standard InChI is InChI=1S/C17H23N7/c1-17(2,3)24-15-14-11(7-13(8-18)21-15)9-20-16(23-14)22-12-5-4-6-19-10-12/h7,9,12,19H,4-6,10H2,1-3H3,(H,21,24)(H,20,22,23). The maximum Gasteiger partial charge on any atom is 0.223 e. The number of fused-ring (bicyclic) bond motifs is 1. The lowest BCUT2D eigenvalue weighted by Gasteiger charge is -2.24. The summed E-state index contributed by atoms with van der Waals surface area (Å²) in [7, 11) is 0. The van der Waals surface area contributed by atoms with Crippen LogP contribution < -0.4 is 16.0 Å². The normalized spacial score (nSPS) is 18.2. The molecule has 3 N–H and O–H groups in total. The topological polar surface area (TPSA) is 98.5 Å². The zero-order valence-electron chi connectivity index (χ0n) is 14.3. The highest BCUT2D eigenvalue weighted by Gasteiger charge is 2.17. The Morgan fingerprint density at radius 3 is 2.83 bits per heavy atom. The summed E-state index contributed by atoms with van der Waals surface area (Å²) in [6.45, 7) is 8.13. The fraction of sp³-hybridized carbons (Fsp3) is 0.529. The Bertz CT molecular complexity index is 767. The summed E-state index contributed by atoms with van der Waals surface area (Å²) in [5.41, 5.74) is 0.903. The number of aromatic nitrogens is 3. The van der Waals surface area contributed by atoms with Crippen LogP contribution in [0.1, 0.15) is 39.3 Å². The Hall–Kier alpha value is -2.46. The lowest BCUT2D eigenvalue weighted by atomic mass is 10.1. The molecule has 7 nitrogen and oxygen atoms in total. The first-order valence-corrected chi connectivity index (χ1v) is 8.28. The van der Waals surface area contributed by atoms with Crippen LogP contribution in [-0.2, 0) is 0 Å². The first-order valence-electron chi connectivity index (χ1n) is 8.28. The number of nitriles is 1. The molecule has 0 spiro atoms. The molecule has 0 aromatic carbocycles. The highest BCUT2D eigenvalue weighted by Crippen LogP contribution is 2.24. The van der Waals surface area contributed by atoms with Crippen LogP contribution >= 0.6 is 0 Å². The zero-order valence-corrected chi connectivity index (χ0v) is 14.3. The third kappa shape index (κ3) is 3.89. The van der Waals surface area contributed by atoms with Gasteiger partial charge < -0.3 is 16.0 Å². The van der Waals surface area contributed by atoms with E-state index in [2.05, 4.69) is 37.0 Å². The molecule has 0 aliphatic carbocycles. The Morgan fingerprint density at radius 2 is 2.17 bits per heavy atom. The van der Waals surface area contributed by atoms with E-state index in [1.807, 2.05) is 20.8 Å². The number of nitrogens with one attached hydrogen (secondary N) is 3. The van der Waals surface area contributed by atoms with Crippen LogP contribution in [0.25, 0.3) is 10.9 Å². The summed E-state index contributed by atoms with van der Waals surface area (Å²) in [6, 6.07) is 4.15. The van der Waals surface area contributed by atoms with Crippen molar-refractivity contribution in [2.75, 3.05) is 23.7 Å². The number of rotatable bonds is 3. The third-order valence-corrected chi connectivity index (χ3v) is 3.80. The molecular weight excluding hydrogens is 302 g/mol. The number of nitrogens with zero attached hydrogens (tertiary/aromatic N) is 4. The number of pyridine rings is 1. The van der Waals surface area contributed by atoms with E-state index >= 15 is 0 Å². The van der Waals surface area contributed by atoms with Gasteiger partial charge in [0.05, 0.1) is 0 Å². The highest BCUT2D eigenvalue weighted by atomic mass is 15.1. The molecule has 7 heteroatoms. The average molecular weight is 325 g/mol. The third-order valence-electron chi connectivity index (χ3n) is 3.80. The van der Waals surface area contributed by atoms with Crippen LogP contribution in [0.15, 0.2) is 12.3 Å². The molecule has 1 aliphatic rings. The molecule has 2 aromatic heterocycles. The summed E-state index contributed by atoms with van der Waals surface area (Å²) in [5, 5.41) is 20.1. The predicted molar refractivity (Wildman–Crippen MR) is 94.9 cm³/mol. The van der Waals surface area contributed by atoms with Crippen molar-refractivity contribution in [3.05, 3.63) is 18.0 Å². The van der Waals surface area contributed by atoms with Crippen molar-refractivity contribution in [3.8, 4) is 6.07 Å². The highest BCUT2D eigenvalue weighted by molar-refractivity contribution is 5.89. The van der Waals surface area contributed by atoms with Gasteiger partial charge in [-0.05, 0) is 46.2 Å². The maximum atomic E-state index is 9.19. The van der Waals surface area contributed by atoms with E-state index in [-0.39, 0.29) is 5.54 Å². The molecule has 1 atom stereocenters. The first kappa shape index (κ1) is 16.4. The fourth-order valence-electron chi connectivity index (χ4n) is 2.77. The van der Waals surface area contributed by atoms with Gasteiger partial charge >= 0.3 is 0 Å². The molecule has 2 aromatic rings. The monoisotopic (exact) mass is 325 g/mol. The van der Waals surface area contributed by atoms with Crippen LogP contribution in [0.2, 0.25) is 0 Å². The summed E-state index contributed by atoms with van der Waals surface area (Å²) >= 11 is 0. The van der Waals surface area contributed by atoms with Crippen molar-refractivity contribution >= 4 is 22.7 Å². The van der Waals surface area contributed by atoms with Crippen LogP contribution in [0.3, 0.4) is 0 Å². The van der Waals surface area contributed by atoms with Gasteiger partial charge in [0, 0.05) is 29.7 Å². The van der Waals surface area contributed by atoms with Crippen LogP contribution in [0, 0.1) is 11.3 Å². The van der Waals surface area contributed by atoms with Crippen LogP contribution in [-0.4, -0.2) is 39.6 Å². The molecule has 1 fully saturated rings. The molecule has 1 saturated heterocycles. The maximum absolute atomic E-state index is 9.19. The first-order chi connectivity index (χ1) is 11.4. The minimum Gasteiger partial charge on any atom is -0.364 e. The van der Waals surface area contributed by atoms with E-state index < -0.39 is 0 Å². The largest absolute Gasteiger partial charge is 0.364 e. The van der Waals surface area contributed by atoms with Crippen LogP contribution in [0.4, 0.5) is 11.8 Å². The van der Waals surface area contributed by atoms with Gasteiger partial charge in [-0.15, -0.1) is 0 Å². The second kappa shape index (κ2) is 6.57. The molecule has 0 amide bonds. The number of piperidine rings is 1. The van der Waals surface area contributed by atoms with Gasteiger partial charge in [0.1, 0.15) is 17.3 Å². The summed E-state index contributed by atoms with van der Waals surface area (Å²) in [6.07, 6.45) is 4.00. The van der Waals surface area contributed by atoms with Gasteiger partial charge in [-0.3, -0.25) is 0 Å². The molecule has 0 radical (unpaired) electrons. The Kier molecular flexibility index (Phi) is 4.49. The number of hydrogen-bond donors (Lipinski definition) is 3.